The largest absolute Gasteiger partial charge is 0.394 e. The molecule has 150 valence electrons. The van der Waals surface area contributed by atoms with Crippen LogP contribution in [0.25, 0.3) is 0 Å². The van der Waals surface area contributed by atoms with Crippen molar-refractivity contribution in [3.05, 3.63) is 11.9 Å². The van der Waals surface area contributed by atoms with Crippen molar-refractivity contribution in [3.63, 3.8) is 0 Å². The number of hydrogen-bond donors (Lipinski definition) is 3. The summed E-state index contributed by atoms with van der Waals surface area (Å²) in [4.78, 5) is 12.0. The van der Waals surface area contributed by atoms with Crippen LogP contribution in [0.2, 0.25) is 0 Å². The summed E-state index contributed by atoms with van der Waals surface area (Å²) in [5, 5.41) is 31.6. The van der Waals surface area contributed by atoms with Crippen LogP contribution in [0, 0.1) is 5.92 Å². The van der Waals surface area contributed by atoms with Gasteiger partial charge >= 0.3 is 0 Å². The van der Waals surface area contributed by atoms with E-state index in [1.165, 1.54) is 0 Å². The second-order valence-electron chi connectivity index (χ2n) is 8.34. The summed E-state index contributed by atoms with van der Waals surface area (Å²) >= 11 is 0. The molecule has 2 heterocycles. The van der Waals surface area contributed by atoms with Gasteiger partial charge in [-0.1, -0.05) is 18.1 Å². The number of carbonyl (C=O) groups is 1. The number of rotatable bonds is 7. The van der Waals surface area contributed by atoms with Crippen LogP contribution in [-0.2, 0) is 21.7 Å². The maximum Gasteiger partial charge on any atom is 0.223 e. The number of aromatic nitrogens is 3. The molecule has 1 saturated heterocycles. The molecule has 3 atom stereocenters. The van der Waals surface area contributed by atoms with Gasteiger partial charge in [0.1, 0.15) is 17.4 Å². The van der Waals surface area contributed by atoms with Crippen molar-refractivity contribution in [2.75, 3.05) is 6.61 Å². The second kappa shape index (κ2) is 7.85. The zero-order chi connectivity index (χ0) is 18.9. The zero-order valence-electron chi connectivity index (χ0n) is 15.7. The number of nitrogens with one attached hydrogen (secondary N) is 1. The summed E-state index contributed by atoms with van der Waals surface area (Å²) in [5.41, 5.74) is -0.144. The Morgan fingerprint density at radius 3 is 2.78 bits per heavy atom. The summed E-state index contributed by atoms with van der Waals surface area (Å²) in [5.74, 6) is 0.263. The highest BCUT2D eigenvalue weighted by Crippen LogP contribution is 2.37. The summed E-state index contributed by atoms with van der Waals surface area (Å²) in [6.45, 7) is 0.567. The van der Waals surface area contributed by atoms with E-state index < -0.39 is 5.60 Å². The lowest BCUT2D eigenvalue weighted by molar-refractivity contribution is -0.129. The van der Waals surface area contributed by atoms with Crippen LogP contribution >= 0.6 is 0 Å². The molecule has 0 radical (unpaired) electrons. The molecular weight excluding hydrogens is 348 g/mol. The summed E-state index contributed by atoms with van der Waals surface area (Å²) < 4.78 is 7.79. The van der Waals surface area contributed by atoms with Gasteiger partial charge < -0.3 is 20.3 Å². The fraction of sp³-hybridized carbons (Fsp3) is 0.842. The van der Waals surface area contributed by atoms with E-state index in [2.05, 4.69) is 15.6 Å². The number of carbonyl (C=O) groups excluding carboxylic acids is 1. The summed E-state index contributed by atoms with van der Waals surface area (Å²) in [6, 6.07) is -0.103. The van der Waals surface area contributed by atoms with E-state index in [9.17, 15) is 15.0 Å². The predicted molar refractivity (Wildman–Crippen MR) is 96.6 cm³/mol. The van der Waals surface area contributed by atoms with Crippen molar-refractivity contribution in [2.45, 2.75) is 88.2 Å². The molecule has 1 amide bonds. The van der Waals surface area contributed by atoms with E-state index >= 15 is 0 Å². The minimum Gasteiger partial charge on any atom is -0.394 e. The number of nitrogens with zero attached hydrogens (tertiary/aromatic N) is 3. The number of aliphatic hydroxyl groups is 2. The van der Waals surface area contributed by atoms with Gasteiger partial charge in [-0.15, -0.1) is 5.10 Å². The van der Waals surface area contributed by atoms with Gasteiger partial charge in [0.15, 0.2) is 0 Å². The minimum absolute atomic E-state index is 0.0263. The fourth-order valence-electron chi connectivity index (χ4n) is 4.27. The Bertz CT molecular complexity index is 654. The molecule has 1 aromatic heterocycles. The Balaban J connectivity index is 1.27. The molecule has 3 aliphatic rings. The molecule has 0 spiro atoms. The van der Waals surface area contributed by atoms with Crippen molar-refractivity contribution in [3.8, 4) is 0 Å². The quantitative estimate of drug-likeness (QED) is 0.649. The van der Waals surface area contributed by atoms with Crippen LogP contribution in [0.15, 0.2) is 6.20 Å². The van der Waals surface area contributed by atoms with Gasteiger partial charge in [0.05, 0.1) is 24.9 Å². The molecule has 0 unspecified atom stereocenters. The van der Waals surface area contributed by atoms with Crippen molar-refractivity contribution in [1.82, 2.24) is 20.3 Å². The molecule has 1 aliphatic heterocycles. The van der Waals surface area contributed by atoms with Gasteiger partial charge in [0.25, 0.3) is 0 Å². The van der Waals surface area contributed by atoms with Gasteiger partial charge in [0, 0.05) is 12.5 Å². The molecule has 0 aromatic carbocycles. The fourth-order valence-corrected chi connectivity index (χ4v) is 4.27. The van der Waals surface area contributed by atoms with Crippen molar-refractivity contribution < 1.29 is 19.7 Å². The van der Waals surface area contributed by atoms with Crippen molar-refractivity contribution >= 4 is 5.91 Å². The van der Waals surface area contributed by atoms with Crippen LogP contribution in [-0.4, -0.2) is 56.0 Å². The Hall–Kier alpha value is -1.51. The van der Waals surface area contributed by atoms with Crippen LogP contribution in [0.1, 0.15) is 63.5 Å². The van der Waals surface area contributed by atoms with E-state index in [1.54, 1.807) is 4.68 Å². The van der Waals surface area contributed by atoms with Gasteiger partial charge in [-0.25, -0.2) is 0 Å². The van der Waals surface area contributed by atoms with Gasteiger partial charge in [-0.2, -0.15) is 0 Å². The van der Waals surface area contributed by atoms with E-state index in [-0.39, 0.29) is 36.7 Å². The third-order valence-corrected chi connectivity index (χ3v) is 6.20. The Morgan fingerprint density at radius 2 is 2.07 bits per heavy atom. The number of ether oxygens (including phenoxy) is 1. The smallest absolute Gasteiger partial charge is 0.223 e. The third kappa shape index (κ3) is 4.33. The van der Waals surface area contributed by atoms with Crippen molar-refractivity contribution in [2.24, 2.45) is 5.92 Å². The van der Waals surface area contributed by atoms with Crippen LogP contribution < -0.4 is 5.32 Å². The lowest BCUT2D eigenvalue weighted by atomic mass is 9.97. The lowest BCUT2D eigenvalue weighted by Gasteiger charge is -2.36. The van der Waals surface area contributed by atoms with Gasteiger partial charge in [-0.05, 0) is 44.9 Å². The first-order valence-electron chi connectivity index (χ1n) is 10.3. The molecule has 8 nitrogen and oxygen atoms in total. The standard InChI is InChI=1S/C19H30N4O4/c24-12-16-15(20-18(25)13-3-4-13)6-5-14(27-16)7-10-23-11-17(21-22-23)19(26)8-1-2-9-19/h11,13-16,24,26H,1-10,12H2,(H,20,25)/t14-,15+,16-/m1/s1. The van der Waals surface area contributed by atoms with Gasteiger partial charge in [0.2, 0.25) is 5.91 Å². The first-order chi connectivity index (χ1) is 13.1. The molecule has 1 aromatic rings. The molecule has 8 heteroatoms. The SMILES string of the molecule is O=C(N[C@H]1CC[C@H](CCn2cc(C3(O)CCCC3)nn2)O[C@@H]1CO)C1CC1. The zero-order valence-corrected chi connectivity index (χ0v) is 15.7. The highest BCUT2D eigenvalue weighted by Gasteiger charge is 2.37. The van der Waals surface area contributed by atoms with Crippen molar-refractivity contribution in [1.29, 1.82) is 0 Å². The van der Waals surface area contributed by atoms with Crippen LogP contribution in [0.4, 0.5) is 0 Å². The minimum atomic E-state index is -0.811. The maximum atomic E-state index is 12.0. The highest BCUT2D eigenvalue weighted by molar-refractivity contribution is 5.81. The number of amides is 1. The average Bonchev–Trinajstić information content (AvgIpc) is 3.25. The van der Waals surface area contributed by atoms with E-state index in [1.807, 2.05) is 6.20 Å². The predicted octanol–water partition coefficient (Wildman–Crippen LogP) is 0.864. The van der Waals surface area contributed by atoms with E-state index in [0.717, 1.165) is 57.8 Å². The number of aryl methyl sites for hydroxylation is 1. The third-order valence-electron chi connectivity index (χ3n) is 6.20. The normalized spacial score (nSPS) is 30.4. The molecule has 2 saturated carbocycles. The molecule has 3 N–H and O–H groups in total. The Labute approximate surface area is 159 Å². The Kier molecular flexibility index (Phi) is 5.48. The van der Waals surface area contributed by atoms with E-state index in [0.29, 0.717) is 12.2 Å². The summed E-state index contributed by atoms with van der Waals surface area (Å²) in [6.07, 6.45) is 9.46. The second-order valence-corrected chi connectivity index (χ2v) is 8.34. The topological polar surface area (TPSA) is 110 Å². The monoisotopic (exact) mass is 378 g/mol. The molecule has 2 aliphatic carbocycles. The first kappa shape index (κ1) is 18.8. The first-order valence-corrected chi connectivity index (χ1v) is 10.3. The molecular formula is C19H30N4O4. The molecule has 27 heavy (non-hydrogen) atoms. The van der Waals surface area contributed by atoms with Gasteiger partial charge in [-0.3, -0.25) is 9.48 Å². The Morgan fingerprint density at radius 1 is 1.30 bits per heavy atom. The number of hydrogen-bond acceptors (Lipinski definition) is 6. The molecule has 3 fully saturated rings. The van der Waals surface area contributed by atoms with Crippen LogP contribution in [0.5, 0.6) is 0 Å². The lowest BCUT2D eigenvalue weighted by Crippen LogP contribution is -2.51. The maximum absolute atomic E-state index is 12.0. The number of aliphatic hydroxyl groups excluding tert-OH is 1. The molecule has 4 rings (SSSR count). The van der Waals surface area contributed by atoms with Crippen LogP contribution in [0.3, 0.4) is 0 Å². The van der Waals surface area contributed by atoms with E-state index in [4.69, 9.17) is 4.74 Å². The highest BCUT2D eigenvalue weighted by atomic mass is 16.5. The summed E-state index contributed by atoms with van der Waals surface area (Å²) in [7, 11) is 0. The average molecular weight is 378 g/mol. The molecule has 0 bridgehead atoms.